The average molecular weight is 381 g/mol. The minimum atomic E-state index is -0.652. The molecule has 0 fully saturated rings. The summed E-state index contributed by atoms with van der Waals surface area (Å²) in [5.41, 5.74) is 3.68. The minimum absolute atomic E-state index is 0.226. The second-order valence-electron chi connectivity index (χ2n) is 6.54. The number of H-pyrrole nitrogens is 1. The van der Waals surface area contributed by atoms with Gasteiger partial charge >= 0.3 is 0 Å². The Hall–Kier alpha value is -3.42. The van der Waals surface area contributed by atoms with Gasteiger partial charge in [0.2, 0.25) is 5.91 Å². The lowest BCUT2D eigenvalue weighted by atomic mass is 9.96. The minimum Gasteiger partial charge on any atom is -0.493 e. The quantitative estimate of drug-likeness (QED) is 0.652. The Morgan fingerprint density at radius 2 is 1.89 bits per heavy atom. The van der Waals surface area contributed by atoms with Gasteiger partial charge in [0.1, 0.15) is 5.92 Å². The Morgan fingerprint density at radius 3 is 2.50 bits per heavy atom. The Labute approximate surface area is 163 Å². The molecule has 3 rings (SSSR count). The molecule has 0 aliphatic rings. The van der Waals surface area contributed by atoms with Crippen molar-refractivity contribution < 1.29 is 14.3 Å². The topological polar surface area (TPSA) is 102 Å². The van der Waals surface area contributed by atoms with Crippen LogP contribution in [0.25, 0.3) is 0 Å². The SMILES string of the molecule is COc1cccc(CC(C(=O)Nc2cc(C)cc(C)c2)c2nn[nH]n2)c1OC. The fourth-order valence-electron chi connectivity index (χ4n) is 3.23. The number of tetrazole rings is 1. The molecule has 28 heavy (non-hydrogen) atoms. The summed E-state index contributed by atoms with van der Waals surface area (Å²) in [4.78, 5) is 13.1. The molecule has 1 aromatic heterocycles. The first-order valence-electron chi connectivity index (χ1n) is 8.84. The summed E-state index contributed by atoms with van der Waals surface area (Å²) < 4.78 is 10.9. The lowest BCUT2D eigenvalue weighted by Crippen LogP contribution is -2.24. The van der Waals surface area contributed by atoms with E-state index in [2.05, 4.69) is 25.9 Å². The third-order valence-corrected chi connectivity index (χ3v) is 4.39. The van der Waals surface area contributed by atoms with E-state index >= 15 is 0 Å². The number of ether oxygens (including phenoxy) is 2. The van der Waals surface area contributed by atoms with Crippen LogP contribution >= 0.6 is 0 Å². The number of para-hydroxylation sites is 1. The third kappa shape index (κ3) is 4.28. The molecule has 2 N–H and O–H groups in total. The maximum atomic E-state index is 13.1. The normalized spacial score (nSPS) is 11.7. The van der Waals surface area contributed by atoms with E-state index in [1.807, 2.05) is 44.2 Å². The summed E-state index contributed by atoms with van der Waals surface area (Å²) in [5.74, 6) is 0.614. The zero-order valence-corrected chi connectivity index (χ0v) is 16.3. The number of rotatable bonds is 7. The van der Waals surface area contributed by atoms with E-state index < -0.39 is 5.92 Å². The van der Waals surface area contributed by atoms with Gasteiger partial charge in [0.05, 0.1) is 14.2 Å². The molecule has 0 spiro atoms. The summed E-state index contributed by atoms with van der Waals surface area (Å²) in [6.07, 6.45) is 0.330. The summed E-state index contributed by atoms with van der Waals surface area (Å²) >= 11 is 0. The molecule has 1 atom stereocenters. The van der Waals surface area contributed by atoms with Gasteiger partial charge in [-0.2, -0.15) is 5.21 Å². The van der Waals surface area contributed by atoms with Crippen LogP contribution < -0.4 is 14.8 Å². The number of aryl methyl sites for hydroxylation is 2. The molecular formula is C20H23N5O3. The van der Waals surface area contributed by atoms with Crippen LogP contribution in [0.4, 0.5) is 5.69 Å². The van der Waals surface area contributed by atoms with Gasteiger partial charge < -0.3 is 14.8 Å². The third-order valence-electron chi connectivity index (χ3n) is 4.39. The molecule has 0 radical (unpaired) electrons. The highest BCUT2D eigenvalue weighted by Gasteiger charge is 2.27. The standard InChI is InChI=1S/C20H23N5O3/c1-12-8-13(2)10-15(9-12)21-20(26)16(19-22-24-25-23-19)11-14-6-5-7-17(27-3)18(14)28-4/h5-10,16H,11H2,1-4H3,(H,21,26)(H,22,23,24,25). The first-order valence-corrected chi connectivity index (χ1v) is 8.84. The van der Waals surface area contributed by atoms with Crippen molar-refractivity contribution in [1.82, 2.24) is 20.6 Å². The van der Waals surface area contributed by atoms with E-state index in [-0.39, 0.29) is 5.91 Å². The second-order valence-corrected chi connectivity index (χ2v) is 6.54. The van der Waals surface area contributed by atoms with Crippen LogP contribution in [-0.4, -0.2) is 40.8 Å². The lowest BCUT2D eigenvalue weighted by molar-refractivity contribution is -0.117. The van der Waals surface area contributed by atoms with Gasteiger partial charge in [0.25, 0.3) is 0 Å². The average Bonchev–Trinajstić information content (AvgIpc) is 3.19. The molecule has 0 aliphatic carbocycles. The molecule has 2 aromatic carbocycles. The maximum Gasteiger partial charge on any atom is 0.235 e. The van der Waals surface area contributed by atoms with E-state index in [1.165, 1.54) is 0 Å². The van der Waals surface area contributed by atoms with E-state index in [9.17, 15) is 4.79 Å². The Kier molecular flexibility index (Phi) is 5.88. The summed E-state index contributed by atoms with van der Waals surface area (Å²) in [7, 11) is 3.14. The van der Waals surface area contributed by atoms with E-state index in [1.54, 1.807) is 20.3 Å². The molecule has 8 nitrogen and oxygen atoms in total. The summed E-state index contributed by atoms with van der Waals surface area (Å²) in [6.45, 7) is 3.97. The largest absolute Gasteiger partial charge is 0.493 e. The monoisotopic (exact) mass is 381 g/mol. The van der Waals surface area contributed by atoms with Gasteiger partial charge in [0, 0.05) is 5.69 Å². The van der Waals surface area contributed by atoms with Crippen LogP contribution in [0.3, 0.4) is 0 Å². The molecule has 146 valence electrons. The Morgan fingerprint density at radius 1 is 1.14 bits per heavy atom. The number of amides is 1. The number of aromatic nitrogens is 4. The first kappa shape index (κ1) is 19.3. The van der Waals surface area contributed by atoms with Crippen molar-refractivity contribution in [2.45, 2.75) is 26.2 Å². The van der Waals surface area contributed by atoms with Gasteiger partial charge in [-0.3, -0.25) is 4.79 Å². The highest BCUT2D eigenvalue weighted by molar-refractivity contribution is 5.95. The first-order chi connectivity index (χ1) is 13.5. The van der Waals surface area contributed by atoms with Gasteiger partial charge in [-0.1, -0.05) is 23.4 Å². The van der Waals surface area contributed by atoms with Crippen LogP contribution in [0.2, 0.25) is 0 Å². The second kappa shape index (κ2) is 8.51. The van der Waals surface area contributed by atoms with E-state index in [0.29, 0.717) is 23.7 Å². The number of nitrogens with one attached hydrogen (secondary N) is 2. The van der Waals surface area contributed by atoms with Crippen molar-refractivity contribution in [3.8, 4) is 11.5 Å². The highest BCUT2D eigenvalue weighted by Crippen LogP contribution is 2.34. The lowest BCUT2D eigenvalue weighted by Gasteiger charge is -2.17. The van der Waals surface area contributed by atoms with Crippen LogP contribution in [0.1, 0.15) is 28.4 Å². The molecule has 0 saturated carbocycles. The number of methoxy groups -OCH3 is 2. The number of anilines is 1. The van der Waals surface area contributed by atoms with Gasteiger partial charge in [-0.05, 0) is 55.2 Å². The molecule has 3 aromatic rings. The van der Waals surface area contributed by atoms with E-state index in [4.69, 9.17) is 9.47 Å². The smallest absolute Gasteiger partial charge is 0.235 e. The Balaban J connectivity index is 1.91. The number of hydrogen-bond acceptors (Lipinski definition) is 6. The highest BCUT2D eigenvalue weighted by atomic mass is 16.5. The summed E-state index contributed by atoms with van der Waals surface area (Å²) in [6, 6.07) is 11.4. The number of carbonyl (C=O) groups excluding carboxylic acids is 1. The zero-order valence-electron chi connectivity index (χ0n) is 16.3. The number of aromatic amines is 1. The van der Waals surface area contributed by atoms with Crippen molar-refractivity contribution in [1.29, 1.82) is 0 Å². The van der Waals surface area contributed by atoms with Gasteiger partial charge in [0.15, 0.2) is 17.3 Å². The molecular weight excluding hydrogens is 358 g/mol. The predicted octanol–water partition coefficient (Wildman–Crippen LogP) is 2.80. The molecule has 1 amide bonds. The van der Waals surface area contributed by atoms with Crippen molar-refractivity contribution in [2.75, 3.05) is 19.5 Å². The summed E-state index contributed by atoms with van der Waals surface area (Å²) in [5, 5.41) is 17.0. The molecule has 8 heteroatoms. The molecule has 1 heterocycles. The van der Waals surface area contributed by atoms with Crippen molar-refractivity contribution in [2.24, 2.45) is 0 Å². The molecule has 1 unspecified atom stereocenters. The molecule has 0 aliphatic heterocycles. The van der Waals surface area contributed by atoms with Gasteiger partial charge in [-0.15, -0.1) is 10.2 Å². The van der Waals surface area contributed by atoms with E-state index in [0.717, 1.165) is 22.4 Å². The van der Waals surface area contributed by atoms with Gasteiger partial charge in [-0.25, -0.2) is 0 Å². The number of nitrogens with zero attached hydrogens (tertiary/aromatic N) is 3. The number of carbonyl (C=O) groups is 1. The number of benzene rings is 2. The fraction of sp³-hybridized carbons (Fsp3) is 0.300. The van der Waals surface area contributed by atoms with Crippen LogP contribution in [-0.2, 0) is 11.2 Å². The molecule has 0 saturated heterocycles. The number of hydrogen-bond donors (Lipinski definition) is 2. The molecule has 0 bridgehead atoms. The van der Waals surface area contributed by atoms with Crippen LogP contribution in [0.15, 0.2) is 36.4 Å². The van der Waals surface area contributed by atoms with Crippen LogP contribution in [0, 0.1) is 13.8 Å². The Bertz CT molecular complexity index is 936. The fourth-order valence-corrected chi connectivity index (χ4v) is 3.23. The van der Waals surface area contributed by atoms with Crippen molar-refractivity contribution in [3.05, 3.63) is 58.9 Å². The van der Waals surface area contributed by atoms with Crippen molar-refractivity contribution in [3.63, 3.8) is 0 Å². The zero-order chi connectivity index (χ0) is 20.1. The van der Waals surface area contributed by atoms with Crippen LogP contribution in [0.5, 0.6) is 11.5 Å². The predicted molar refractivity (Wildman–Crippen MR) is 105 cm³/mol. The maximum absolute atomic E-state index is 13.1. The van der Waals surface area contributed by atoms with Crippen molar-refractivity contribution >= 4 is 11.6 Å².